The van der Waals surface area contributed by atoms with E-state index < -0.39 is 12.1 Å². The Morgan fingerprint density at radius 2 is 0.911 bits per heavy atom. The molecule has 0 bridgehead atoms. The van der Waals surface area contributed by atoms with Gasteiger partial charge in [-0.05, 0) is 51.4 Å². The Kier molecular flexibility index (Phi) is 44.7. The number of nitrogens with one attached hydrogen (secondary N) is 1. The molecule has 0 rings (SSSR count). The summed E-state index contributed by atoms with van der Waals surface area (Å²) in [7, 11) is 0. The summed E-state index contributed by atoms with van der Waals surface area (Å²) in [5, 5.41) is 23.1. The van der Waals surface area contributed by atoms with Crippen LogP contribution in [0.25, 0.3) is 0 Å². The number of allylic oxidation sites excluding steroid dienone is 4. The van der Waals surface area contributed by atoms with E-state index in [4.69, 9.17) is 4.74 Å². The average molecular weight is 790 g/mol. The van der Waals surface area contributed by atoms with Crippen LogP contribution in [0.3, 0.4) is 0 Å². The fourth-order valence-corrected chi connectivity index (χ4v) is 7.42. The zero-order chi connectivity index (χ0) is 40.8. The minimum Gasteiger partial charge on any atom is -0.466 e. The van der Waals surface area contributed by atoms with Crippen molar-refractivity contribution in [2.45, 2.75) is 270 Å². The molecule has 2 atom stereocenters. The number of carbonyl (C=O) groups excluding carboxylic acids is 2. The van der Waals surface area contributed by atoms with Gasteiger partial charge < -0.3 is 20.3 Å². The van der Waals surface area contributed by atoms with E-state index in [2.05, 4.69) is 43.5 Å². The molecule has 0 aliphatic heterocycles. The first-order chi connectivity index (χ1) is 27.5. The zero-order valence-electron chi connectivity index (χ0n) is 37.4. The highest BCUT2D eigenvalue weighted by atomic mass is 16.5. The van der Waals surface area contributed by atoms with Crippen molar-refractivity contribution >= 4 is 11.9 Å². The molecule has 0 heterocycles. The lowest BCUT2D eigenvalue weighted by atomic mass is 10.0. The normalized spacial score (nSPS) is 12.9. The van der Waals surface area contributed by atoms with Crippen molar-refractivity contribution in [3.8, 4) is 0 Å². The molecule has 6 nitrogen and oxygen atoms in total. The van der Waals surface area contributed by atoms with Crippen LogP contribution >= 0.6 is 0 Å². The molecule has 6 heteroatoms. The number of hydrogen-bond donors (Lipinski definition) is 3. The second-order valence-corrected chi connectivity index (χ2v) is 16.8. The zero-order valence-corrected chi connectivity index (χ0v) is 37.4. The van der Waals surface area contributed by atoms with Gasteiger partial charge in [-0.3, -0.25) is 9.59 Å². The molecular formula is C50H95NO5. The highest BCUT2D eigenvalue weighted by Crippen LogP contribution is 2.16. The van der Waals surface area contributed by atoms with Gasteiger partial charge in [0.15, 0.2) is 0 Å². The summed E-state index contributed by atoms with van der Waals surface area (Å²) < 4.78 is 5.45. The summed E-state index contributed by atoms with van der Waals surface area (Å²) in [5.74, 6) is -0.0608. The Morgan fingerprint density at radius 1 is 0.500 bits per heavy atom. The summed E-state index contributed by atoms with van der Waals surface area (Å²) in [4.78, 5) is 24.4. The number of ether oxygens (including phenoxy) is 1. The van der Waals surface area contributed by atoms with Gasteiger partial charge in [0.2, 0.25) is 5.91 Å². The number of unbranched alkanes of at least 4 members (excludes halogenated alkanes) is 30. The van der Waals surface area contributed by atoms with Crippen molar-refractivity contribution in [2.24, 2.45) is 0 Å². The number of carbonyl (C=O) groups is 2. The van der Waals surface area contributed by atoms with Gasteiger partial charge in [0.05, 0.1) is 25.4 Å². The van der Waals surface area contributed by atoms with Crippen molar-refractivity contribution < 1.29 is 24.5 Å². The summed E-state index contributed by atoms with van der Waals surface area (Å²) in [6.45, 7) is 4.87. The van der Waals surface area contributed by atoms with E-state index in [1.165, 1.54) is 167 Å². The molecule has 0 radical (unpaired) electrons. The second-order valence-electron chi connectivity index (χ2n) is 16.8. The van der Waals surface area contributed by atoms with Gasteiger partial charge in [-0.2, -0.15) is 0 Å². The second kappa shape index (κ2) is 46.0. The fourth-order valence-electron chi connectivity index (χ4n) is 7.42. The summed E-state index contributed by atoms with van der Waals surface area (Å²) in [6.07, 6.45) is 52.8. The topological polar surface area (TPSA) is 95.9 Å². The molecule has 1 amide bonds. The maximum atomic E-state index is 12.4. The number of amides is 1. The van der Waals surface area contributed by atoms with E-state index in [-0.39, 0.29) is 18.5 Å². The third kappa shape index (κ3) is 42.0. The Morgan fingerprint density at radius 3 is 1.41 bits per heavy atom. The van der Waals surface area contributed by atoms with Crippen LogP contribution in [0, 0.1) is 0 Å². The average Bonchev–Trinajstić information content (AvgIpc) is 3.20. The minimum absolute atomic E-state index is 0.0145. The van der Waals surface area contributed by atoms with Crippen molar-refractivity contribution in [2.75, 3.05) is 13.2 Å². The predicted molar refractivity (Wildman–Crippen MR) is 241 cm³/mol. The van der Waals surface area contributed by atoms with Crippen molar-refractivity contribution in [3.05, 3.63) is 24.3 Å². The van der Waals surface area contributed by atoms with Gasteiger partial charge in [0, 0.05) is 12.8 Å². The minimum atomic E-state index is -0.668. The van der Waals surface area contributed by atoms with Crippen LogP contribution in [-0.4, -0.2) is 47.4 Å². The van der Waals surface area contributed by atoms with Crippen LogP contribution in [0.1, 0.15) is 258 Å². The van der Waals surface area contributed by atoms with E-state index in [1.807, 2.05) is 0 Å². The van der Waals surface area contributed by atoms with Crippen molar-refractivity contribution in [3.63, 3.8) is 0 Å². The Labute approximate surface area is 348 Å². The molecule has 0 aliphatic rings. The van der Waals surface area contributed by atoms with Crippen molar-refractivity contribution in [1.82, 2.24) is 5.32 Å². The third-order valence-corrected chi connectivity index (χ3v) is 11.3. The number of esters is 1. The summed E-state index contributed by atoms with van der Waals surface area (Å²) >= 11 is 0. The van der Waals surface area contributed by atoms with Crippen LogP contribution in [0.15, 0.2) is 24.3 Å². The number of aliphatic hydroxyl groups is 2. The molecule has 0 spiro atoms. The molecule has 0 aromatic rings. The Hall–Kier alpha value is -1.66. The van der Waals surface area contributed by atoms with Crippen molar-refractivity contribution in [1.29, 1.82) is 0 Å². The van der Waals surface area contributed by atoms with E-state index in [0.717, 1.165) is 57.8 Å². The van der Waals surface area contributed by atoms with E-state index in [0.29, 0.717) is 25.9 Å². The van der Waals surface area contributed by atoms with Crippen LogP contribution in [0.5, 0.6) is 0 Å². The molecule has 0 saturated carbocycles. The third-order valence-electron chi connectivity index (χ3n) is 11.3. The van der Waals surface area contributed by atoms with E-state index in [1.54, 1.807) is 0 Å². The fraction of sp³-hybridized carbons (Fsp3) is 0.880. The van der Waals surface area contributed by atoms with Crippen LogP contribution < -0.4 is 5.32 Å². The molecule has 2 unspecified atom stereocenters. The SMILES string of the molecule is CCCC/C=C\C/C=C\CCCCCCCC(=O)OCCCCCCCCCCCCCCCCCC(=O)NC(CO)C(O)CCCCCCCCCCCC. The highest BCUT2D eigenvalue weighted by molar-refractivity contribution is 5.76. The molecule has 0 saturated heterocycles. The lowest BCUT2D eigenvalue weighted by Gasteiger charge is -2.22. The standard InChI is InChI=1S/C50H95NO5/c1-3-5-7-9-11-13-15-16-21-24-28-32-36-40-44-50(55)56-45-41-37-33-29-25-22-19-17-18-20-23-27-31-35-39-43-49(54)51-47(46-52)48(53)42-38-34-30-26-14-12-10-8-6-4-2/h9,11,15-16,47-48,52-53H,3-8,10,12-14,17-46H2,1-2H3,(H,51,54)/b11-9-,16-15-. The molecule has 0 aromatic heterocycles. The van der Waals surface area contributed by atoms with Gasteiger partial charge in [-0.1, -0.05) is 218 Å². The lowest BCUT2D eigenvalue weighted by molar-refractivity contribution is -0.143. The first kappa shape index (κ1) is 54.3. The molecular weight excluding hydrogens is 695 g/mol. The largest absolute Gasteiger partial charge is 0.466 e. The summed E-state index contributed by atoms with van der Waals surface area (Å²) in [5.41, 5.74) is 0. The summed E-state index contributed by atoms with van der Waals surface area (Å²) in [6, 6.07) is -0.546. The molecule has 56 heavy (non-hydrogen) atoms. The van der Waals surface area contributed by atoms with Crippen LogP contribution in [-0.2, 0) is 14.3 Å². The number of aliphatic hydroxyl groups excluding tert-OH is 2. The predicted octanol–water partition coefficient (Wildman–Crippen LogP) is 14.3. The van der Waals surface area contributed by atoms with Gasteiger partial charge in [-0.15, -0.1) is 0 Å². The number of rotatable bonds is 45. The first-order valence-electron chi connectivity index (χ1n) is 24.6. The maximum Gasteiger partial charge on any atom is 0.305 e. The van der Waals surface area contributed by atoms with Crippen LogP contribution in [0.4, 0.5) is 0 Å². The Bertz CT molecular complexity index is 874. The first-order valence-corrected chi connectivity index (χ1v) is 24.6. The molecule has 3 N–H and O–H groups in total. The highest BCUT2D eigenvalue weighted by Gasteiger charge is 2.20. The molecule has 0 aliphatic carbocycles. The number of hydrogen-bond acceptors (Lipinski definition) is 5. The van der Waals surface area contributed by atoms with Crippen LogP contribution in [0.2, 0.25) is 0 Å². The lowest BCUT2D eigenvalue weighted by Crippen LogP contribution is -2.45. The molecule has 0 aromatic carbocycles. The van der Waals surface area contributed by atoms with Gasteiger partial charge in [-0.25, -0.2) is 0 Å². The van der Waals surface area contributed by atoms with E-state index in [9.17, 15) is 19.8 Å². The quantitative estimate of drug-likeness (QED) is 0.0324. The van der Waals surface area contributed by atoms with Gasteiger partial charge >= 0.3 is 5.97 Å². The smallest absolute Gasteiger partial charge is 0.305 e. The van der Waals surface area contributed by atoms with E-state index >= 15 is 0 Å². The van der Waals surface area contributed by atoms with Gasteiger partial charge in [0.25, 0.3) is 0 Å². The molecule has 0 fully saturated rings. The monoisotopic (exact) mass is 790 g/mol. The molecule has 330 valence electrons. The maximum absolute atomic E-state index is 12.4. The Balaban J connectivity index is 3.43. The van der Waals surface area contributed by atoms with Gasteiger partial charge in [0.1, 0.15) is 0 Å².